The van der Waals surface area contributed by atoms with Crippen molar-refractivity contribution < 1.29 is 14.6 Å². The molecule has 2 aromatic rings. The van der Waals surface area contributed by atoms with Gasteiger partial charge in [-0.2, -0.15) is 0 Å². The standard InChI is InChI=1S/C14H15NO3S/c1-8-4-9(2)6-10(5-8)13-15-11(7-18-3)12(19-13)14(16)17/h4-6H,7H2,1-3H3,(H,16,17). The maximum absolute atomic E-state index is 11.2. The third-order valence-corrected chi connectivity index (χ3v) is 3.78. The van der Waals surface area contributed by atoms with Crippen LogP contribution in [0.25, 0.3) is 10.6 Å². The molecule has 1 aromatic heterocycles. The third kappa shape index (κ3) is 3.00. The first-order valence-corrected chi connectivity index (χ1v) is 6.63. The molecule has 4 nitrogen and oxygen atoms in total. The minimum atomic E-state index is -0.958. The zero-order valence-electron chi connectivity index (χ0n) is 11.1. The number of nitrogens with zero attached hydrogens (tertiary/aromatic N) is 1. The number of hydrogen-bond donors (Lipinski definition) is 1. The lowest BCUT2D eigenvalue weighted by Gasteiger charge is -2.01. The molecule has 5 heteroatoms. The maximum atomic E-state index is 11.2. The van der Waals surface area contributed by atoms with Crippen molar-refractivity contribution >= 4 is 17.3 Å². The highest BCUT2D eigenvalue weighted by Gasteiger charge is 2.18. The fraction of sp³-hybridized carbons (Fsp3) is 0.286. The van der Waals surface area contributed by atoms with E-state index < -0.39 is 5.97 Å². The van der Waals surface area contributed by atoms with Gasteiger partial charge in [-0.15, -0.1) is 11.3 Å². The molecule has 100 valence electrons. The van der Waals surface area contributed by atoms with Crippen LogP contribution < -0.4 is 0 Å². The molecule has 0 radical (unpaired) electrons. The topological polar surface area (TPSA) is 59.4 Å². The van der Waals surface area contributed by atoms with E-state index in [1.807, 2.05) is 26.0 Å². The van der Waals surface area contributed by atoms with E-state index in [0.29, 0.717) is 5.69 Å². The molecule has 0 unspecified atom stereocenters. The van der Waals surface area contributed by atoms with Crippen molar-refractivity contribution in [3.8, 4) is 10.6 Å². The molecule has 19 heavy (non-hydrogen) atoms. The van der Waals surface area contributed by atoms with Gasteiger partial charge in [-0.25, -0.2) is 9.78 Å². The lowest BCUT2D eigenvalue weighted by molar-refractivity contribution is 0.0697. The first-order valence-electron chi connectivity index (χ1n) is 5.82. The minimum Gasteiger partial charge on any atom is -0.477 e. The summed E-state index contributed by atoms with van der Waals surface area (Å²) < 4.78 is 5.00. The second-order valence-corrected chi connectivity index (χ2v) is 5.41. The van der Waals surface area contributed by atoms with Gasteiger partial charge in [0, 0.05) is 12.7 Å². The van der Waals surface area contributed by atoms with Gasteiger partial charge in [-0.05, 0) is 26.0 Å². The number of thiazole rings is 1. The Labute approximate surface area is 115 Å². The molecule has 0 saturated carbocycles. The quantitative estimate of drug-likeness (QED) is 0.931. The lowest BCUT2D eigenvalue weighted by atomic mass is 10.1. The number of carbonyl (C=O) groups is 1. The van der Waals surface area contributed by atoms with E-state index in [9.17, 15) is 9.90 Å². The number of ether oxygens (including phenoxy) is 1. The SMILES string of the molecule is COCc1nc(-c2cc(C)cc(C)c2)sc1C(=O)O. The predicted molar refractivity (Wildman–Crippen MR) is 74.7 cm³/mol. The van der Waals surface area contributed by atoms with E-state index >= 15 is 0 Å². The number of aromatic nitrogens is 1. The summed E-state index contributed by atoms with van der Waals surface area (Å²) in [7, 11) is 1.53. The normalized spacial score (nSPS) is 10.7. The Hall–Kier alpha value is -1.72. The molecule has 0 saturated heterocycles. The number of carboxylic acid groups (broad SMARTS) is 1. The third-order valence-electron chi connectivity index (χ3n) is 2.64. The number of aryl methyl sites for hydroxylation is 2. The second-order valence-electron chi connectivity index (χ2n) is 4.41. The van der Waals surface area contributed by atoms with Crippen LogP contribution in [-0.2, 0) is 11.3 Å². The highest BCUT2D eigenvalue weighted by molar-refractivity contribution is 7.17. The van der Waals surface area contributed by atoms with Crippen LogP contribution in [0.4, 0.5) is 0 Å². The summed E-state index contributed by atoms with van der Waals surface area (Å²) in [6, 6.07) is 6.09. The Morgan fingerprint density at radius 3 is 2.47 bits per heavy atom. The molecule has 0 spiro atoms. The zero-order chi connectivity index (χ0) is 14.0. The van der Waals surface area contributed by atoms with Gasteiger partial charge in [-0.3, -0.25) is 0 Å². The molecule has 1 aromatic carbocycles. The monoisotopic (exact) mass is 277 g/mol. The van der Waals surface area contributed by atoms with Gasteiger partial charge < -0.3 is 9.84 Å². The Bertz CT molecular complexity index is 599. The fourth-order valence-corrected chi connectivity index (χ4v) is 2.87. The van der Waals surface area contributed by atoms with E-state index in [-0.39, 0.29) is 11.5 Å². The predicted octanol–water partition coefficient (Wildman–Crippen LogP) is 3.27. The Morgan fingerprint density at radius 1 is 1.32 bits per heavy atom. The largest absolute Gasteiger partial charge is 0.477 e. The van der Waals surface area contributed by atoms with Crippen molar-refractivity contribution in [2.45, 2.75) is 20.5 Å². The summed E-state index contributed by atoms with van der Waals surface area (Å²) in [5, 5.41) is 9.90. The van der Waals surface area contributed by atoms with Crippen molar-refractivity contribution in [2.75, 3.05) is 7.11 Å². The number of hydrogen-bond acceptors (Lipinski definition) is 4. The first kappa shape index (κ1) is 13.7. The average Bonchev–Trinajstić information content (AvgIpc) is 2.72. The van der Waals surface area contributed by atoms with Crippen LogP contribution in [0.2, 0.25) is 0 Å². The molecular weight excluding hydrogens is 262 g/mol. The van der Waals surface area contributed by atoms with Crippen LogP contribution in [0.15, 0.2) is 18.2 Å². The van der Waals surface area contributed by atoms with Crippen molar-refractivity contribution in [3.05, 3.63) is 39.9 Å². The number of aromatic carboxylic acids is 1. The highest BCUT2D eigenvalue weighted by atomic mass is 32.1. The van der Waals surface area contributed by atoms with Crippen LogP contribution >= 0.6 is 11.3 Å². The molecule has 0 aliphatic rings. The number of benzene rings is 1. The first-order chi connectivity index (χ1) is 9.01. The van der Waals surface area contributed by atoms with Crippen LogP contribution in [0, 0.1) is 13.8 Å². The summed E-state index contributed by atoms with van der Waals surface area (Å²) in [6.45, 7) is 4.24. The van der Waals surface area contributed by atoms with Gasteiger partial charge in [0.25, 0.3) is 0 Å². The van der Waals surface area contributed by atoms with Crippen LogP contribution in [-0.4, -0.2) is 23.2 Å². The number of methoxy groups -OCH3 is 1. The Morgan fingerprint density at radius 2 is 1.95 bits per heavy atom. The maximum Gasteiger partial charge on any atom is 0.347 e. The van der Waals surface area contributed by atoms with E-state index in [4.69, 9.17) is 4.74 Å². The molecule has 0 bridgehead atoms. The summed E-state index contributed by atoms with van der Waals surface area (Å²) in [6.07, 6.45) is 0. The number of carboxylic acids is 1. The smallest absolute Gasteiger partial charge is 0.347 e. The molecular formula is C14H15NO3S. The van der Waals surface area contributed by atoms with E-state index in [0.717, 1.165) is 21.7 Å². The molecule has 1 heterocycles. The minimum absolute atomic E-state index is 0.211. The molecule has 0 aliphatic carbocycles. The Balaban J connectivity index is 2.50. The van der Waals surface area contributed by atoms with Gasteiger partial charge in [0.05, 0.1) is 12.3 Å². The molecule has 0 fully saturated rings. The zero-order valence-corrected chi connectivity index (χ0v) is 11.9. The highest BCUT2D eigenvalue weighted by Crippen LogP contribution is 2.30. The van der Waals surface area contributed by atoms with Gasteiger partial charge >= 0.3 is 5.97 Å². The van der Waals surface area contributed by atoms with Gasteiger partial charge in [-0.1, -0.05) is 17.2 Å². The Kier molecular flexibility index (Phi) is 3.97. The van der Waals surface area contributed by atoms with Crippen molar-refractivity contribution in [3.63, 3.8) is 0 Å². The van der Waals surface area contributed by atoms with Gasteiger partial charge in [0.1, 0.15) is 9.88 Å². The van der Waals surface area contributed by atoms with Crippen molar-refractivity contribution in [1.29, 1.82) is 0 Å². The second kappa shape index (κ2) is 5.50. The van der Waals surface area contributed by atoms with E-state index in [1.165, 1.54) is 18.4 Å². The van der Waals surface area contributed by atoms with Gasteiger partial charge in [0.2, 0.25) is 0 Å². The summed E-state index contributed by atoms with van der Waals surface area (Å²) in [5.41, 5.74) is 3.70. The van der Waals surface area contributed by atoms with Gasteiger partial charge in [0.15, 0.2) is 0 Å². The van der Waals surface area contributed by atoms with Crippen molar-refractivity contribution in [1.82, 2.24) is 4.98 Å². The van der Waals surface area contributed by atoms with Crippen LogP contribution in [0.3, 0.4) is 0 Å². The fourth-order valence-electron chi connectivity index (χ4n) is 1.98. The van der Waals surface area contributed by atoms with Crippen molar-refractivity contribution in [2.24, 2.45) is 0 Å². The molecule has 0 amide bonds. The molecule has 0 atom stereocenters. The van der Waals surface area contributed by atoms with E-state index in [1.54, 1.807) is 0 Å². The van der Waals surface area contributed by atoms with Crippen LogP contribution in [0.1, 0.15) is 26.5 Å². The number of rotatable bonds is 4. The van der Waals surface area contributed by atoms with E-state index in [2.05, 4.69) is 11.1 Å². The summed E-state index contributed by atoms with van der Waals surface area (Å²) >= 11 is 1.19. The molecule has 0 aliphatic heterocycles. The molecule has 1 N–H and O–H groups in total. The summed E-state index contributed by atoms with van der Waals surface area (Å²) in [4.78, 5) is 15.8. The average molecular weight is 277 g/mol. The molecule has 2 rings (SSSR count). The van der Waals surface area contributed by atoms with Crippen LogP contribution in [0.5, 0.6) is 0 Å². The summed E-state index contributed by atoms with van der Waals surface area (Å²) in [5.74, 6) is -0.958. The lowest BCUT2D eigenvalue weighted by Crippen LogP contribution is -1.99.